The first-order valence-electron chi connectivity index (χ1n) is 1.96. The molecule has 0 aliphatic heterocycles. The predicted octanol–water partition coefficient (Wildman–Crippen LogP) is -0.523. The molecule has 0 bridgehead atoms. The Balaban J connectivity index is 0.000000490. The van der Waals surface area contributed by atoms with Crippen molar-refractivity contribution in [3.63, 3.8) is 0 Å². The number of aryl methyl sites for hydroxylation is 1. The number of rotatable bonds is 0. The summed E-state index contributed by atoms with van der Waals surface area (Å²) in [5, 5.41) is 12.3. The quantitative estimate of drug-likeness (QED) is 0.470. The van der Waals surface area contributed by atoms with E-state index in [1.165, 1.54) is 17.1 Å². The van der Waals surface area contributed by atoms with Crippen molar-refractivity contribution in [1.82, 2.24) is 9.78 Å². The number of hydrogen-bond donors (Lipinski definition) is 1. The second-order valence-electron chi connectivity index (χ2n) is 1.37. The van der Waals surface area contributed by atoms with Gasteiger partial charge in [-0.2, -0.15) is 5.10 Å². The summed E-state index contributed by atoms with van der Waals surface area (Å²) in [6.45, 7) is 0. The Kier molecular flexibility index (Phi) is 3.12. The van der Waals surface area contributed by atoms with E-state index in [1.54, 1.807) is 7.05 Å². The van der Waals surface area contributed by atoms with Gasteiger partial charge in [-0.3, -0.25) is 4.68 Å². The Bertz CT molecular complexity index is 146. The Labute approximate surface area is 69.6 Å². The SMILES string of the molecule is Cn1cc(O)cn1.[NaH]. The Morgan fingerprint density at radius 3 is 2.50 bits per heavy atom. The van der Waals surface area contributed by atoms with Gasteiger partial charge in [-0.25, -0.2) is 0 Å². The molecule has 0 aliphatic carbocycles. The van der Waals surface area contributed by atoms with Gasteiger partial charge in [-0.15, -0.1) is 0 Å². The molecule has 0 radical (unpaired) electrons. The first kappa shape index (κ1) is 8.01. The maximum atomic E-state index is 8.57. The van der Waals surface area contributed by atoms with E-state index in [0.29, 0.717) is 0 Å². The van der Waals surface area contributed by atoms with Gasteiger partial charge in [0.1, 0.15) is 0 Å². The number of aromatic nitrogens is 2. The number of nitrogens with zero attached hydrogens (tertiary/aromatic N) is 2. The predicted molar refractivity (Wildman–Crippen MR) is 32.0 cm³/mol. The van der Waals surface area contributed by atoms with Crippen molar-refractivity contribution in [1.29, 1.82) is 0 Å². The van der Waals surface area contributed by atoms with Crippen LogP contribution in [-0.2, 0) is 7.05 Å². The molecule has 3 nitrogen and oxygen atoms in total. The molecule has 0 saturated heterocycles. The molecule has 1 N–H and O–H groups in total. The molecule has 1 rings (SSSR count). The van der Waals surface area contributed by atoms with Crippen LogP contribution in [0.4, 0.5) is 0 Å². The molecule has 40 valence electrons. The van der Waals surface area contributed by atoms with E-state index in [9.17, 15) is 0 Å². The summed E-state index contributed by atoms with van der Waals surface area (Å²) in [5.41, 5.74) is 0. The van der Waals surface area contributed by atoms with E-state index in [1.807, 2.05) is 0 Å². The van der Waals surface area contributed by atoms with E-state index in [4.69, 9.17) is 5.11 Å². The Morgan fingerprint density at radius 2 is 2.38 bits per heavy atom. The van der Waals surface area contributed by atoms with Gasteiger partial charge in [0.2, 0.25) is 0 Å². The Morgan fingerprint density at radius 1 is 1.75 bits per heavy atom. The molecule has 8 heavy (non-hydrogen) atoms. The molecule has 0 atom stereocenters. The summed E-state index contributed by atoms with van der Waals surface area (Å²) in [7, 11) is 1.75. The summed E-state index contributed by atoms with van der Waals surface area (Å²) in [5.74, 6) is 0.211. The van der Waals surface area contributed by atoms with Crippen molar-refractivity contribution in [2.24, 2.45) is 7.05 Å². The van der Waals surface area contributed by atoms with Crippen molar-refractivity contribution in [3.05, 3.63) is 12.4 Å². The van der Waals surface area contributed by atoms with Crippen LogP contribution < -0.4 is 0 Å². The second-order valence-corrected chi connectivity index (χ2v) is 1.37. The fraction of sp³-hybridized carbons (Fsp3) is 0.250. The first-order valence-corrected chi connectivity index (χ1v) is 1.96. The molecule has 0 unspecified atom stereocenters. The van der Waals surface area contributed by atoms with Crippen LogP contribution in [0, 0.1) is 0 Å². The van der Waals surface area contributed by atoms with Crippen LogP contribution in [0.3, 0.4) is 0 Å². The molecule has 0 saturated carbocycles. The van der Waals surface area contributed by atoms with Crippen LogP contribution in [0.15, 0.2) is 12.4 Å². The molecular weight excluding hydrogens is 115 g/mol. The zero-order chi connectivity index (χ0) is 5.28. The monoisotopic (exact) mass is 122 g/mol. The van der Waals surface area contributed by atoms with Crippen LogP contribution in [-0.4, -0.2) is 44.4 Å². The van der Waals surface area contributed by atoms with E-state index in [0.717, 1.165) is 0 Å². The second kappa shape index (κ2) is 3.12. The van der Waals surface area contributed by atoms with Gasteiger partial charge in [0.15, 0.2) is 5.75 Å². The van der Waals surface area contributed by atoms with Gasteiger partial charge in [-0.1, -0.05) is 0 Å². The standard InChI is InChI=1S/C4H6N2O.Na.H/c1-6-3-4(7)2-5-6;;/h2-3,7H,1H3;;. The molecule has 0 amide bonds. The summed E-state index contributed by atoms with van der Waals surface area (Å²) in [4.78, 5) is 0. The first-order chi connectivity index (χ1) is 3.29. The molecular formula is C4H7N2NaO. The van der Waals surface area contributed by atoms with E-state index in [-0.39, 0.29) is 35.3 Å². The average Bonchev–Trinajstić information content (AvgIpc) is 1.87. The molecule has 0 aromatic carbocycles. The van der Waals surface area contributed by atoms with Crippen LogP contribution in [0.2, 0.25) is 0 Å². The Hall–Kier alpha value is 0.0100. The molecule has 0 spiro atoms. The van der Waals surface area contributed by atoms with E-state index in [2.05, 4.69) is 5.10 Å². The van der Waals surface area contributed by atoms with Gasteiger partial charge < -0.3 is 5.11 Å². The minimum absolute atomic E-state index is 0. The van der Waals surface area contributed by atoms with Crippen LogP contribution >= 0.6 is 0 Å². The zero-order valence-corrected chi connectivity index (χ0v) is 4.00. The third-order valence-corrected chi connectivity index (χ3v) is 0.691. The average molecular weight is 122 g/mol. The topological polar surface area (TPSA) is 38.0 Å². The van der Waals surface area contributed by atoms with Crippen LogP contribution in [0.25, 0.3) is 0 Å². The van der Waals surface area contributed by atoms with Gasteiger partial charge in [0.05, 0.1) is 12.4 Å². The maximum absolute atomic E-state index is 8.57. The van der Waals surface area contributed by atoms with E-state index >= 15 is 0 Å². The summed E-state index contributed by atoms with van der Waals surface area (Å²) >= 11 is 0. The molecule has 4 heteroatoms. The zero-order valence-electron chi connectivity index (χ0n) is 4.00. The van der Waals surface area contributed by atoms with Crippen molar-refractivity contribution in [2.75, 3.05) is 0 Å². The van der Waals surface area contributed by atoms with Crippen molar-refractivity contribution in [2.45, 2.75) is 0 Å². The van der Waals surface area contributed by atoms with Crippen molar-refractivity contribution in [3.8, 4) is 5.75 Å². The van der Waals surface area contributed by atoms with E-state index < -0.39 is 0 Å². The molecule has 0 aliphatic rings. The molecule has 0 fully saturated rings. The normalized spacial score (nSPS) is 8.12. The van der Waals surface area contributed by atoms with Crippen LogP contribution in [0.5, 0.6) is 5.75 Å². The molecule has 1 heterocycles. The molecule has 1 aromatic heterocycles. The summed E-state index contributed by atoms with van der Waals surface area (Å²) in [6, 6.07) is 0. The van der Waals surface area contributed by atoms with Crippen molar-refractivity contribution < 1.29 is 5.11 Å². The van der Waals surface area contributed by atoms with Gasteiger partial charge in [0.25, 0.3) is 0 Å². The van der Waals surface area contributed by atoms with Gasteiger partial charge >= 0.3 is 29.6 Å². The summed E-state index contributed by atoms with van der Waals surface area (Å²) < 4.78 is 1.54. The fourth-order valence-electron chi connectivity index (χ4n) is 0.408. The minimum atomic E-state index is 0. The fourth-order valence-corrected chi connectivity index (χ4v) is 0.408. The number of aromatic hydroxyl groups is 1. The molecule has 1 aromatic rings. The summed E-state index contributed by atoms with van der Waals surface area (Å²) in [6.07, 6.45) is 2.92. The third-order valence-electron chi connectivity index (χ3n) is 0.691. The number of hydrogen-bond acceptors (Lipinski definition) is 2. The van der Waals surface area contributed by atoms with Crippen LogP contribution in [0.1, 0.15) is 0 Å². The van der Waals surface area contributed by atoms with Crippen molar-refractivity contribution >= 4 is 29.6 Å². The third kappa shape index (κ3) is 1.86. The van der Waals surface area contributed by atoms with Gasteiger partial charge in [0, 0.05) is 7.05 Å². The van der Waals surface area contributed by atoms with Gasteiger partial charge in [-0.05, 0) is 0 Å².